The number of hydrazone groups is 1. The molecule has 2 amide bonds. The molecule has 132 valence electrons. The van der Waals surface area contributed by atoms with Gasteiger partial charge in [0.25, 0.3) is 11.8 Å². The lowest BCUT2D eigenvalue weighted by molar-refractivity contribution is -0.140. The first kappa shape index (κ1) is 15.6. The maximum Gasteiger partial charge on any atom is 0.254 e. The topological polar surface area (TPSA) is 54.7 Å². The normalized spacial score (nSPS) is 29.7. The van der Waals surface area contributed by atoms with E-state index < -0.39 is 0 Å². The summed E-state index contributed by atoms with van der Waals surface area (Å²) >= 11 is 0. The number of hydrogen-bond acceptors (Lipinski definition) is 3. The van der Waals surface area contributed by atoms with Gasteiger partial charge in [-0.05, 0) is 38.2 Å². The van der Waals surface area contributed by atoms with Crippen LogP contribution in [0.5, 0.6) is 0 Å². The second-order valence-corrected chi connectivity index (χ2v) is 7.49. The number of amides is 2. The summed E-state index contributed by atoms with van der Waals surface area (Å²) in [7, 11) is 0. The Bertz CT molecular complexity index is 970. The van der Waals surface area contributed by atoms with Gasteiger partial charge in [-0.3, -0.25) is 9.59 Å². The molecule has 2 aliphatic carbocycles. The number of allylic oxidation sites excluding steroid dienone is 2. The zero-order valence-corrected chi connectivity index (χ0v) is 14.9. The average molecular weight is 347 g/mol. The summed E-state index contributed by atoms with van der Waals surface area (Å²) < 4.78 is 2.23. The van der Waals surface area contributed by atoms with E-state index in [0.29, 0.717) is 0 Å². The first-order valence-corrected chi connectivity index (χ1v) is 9.29. The molecule has 3 aliphatic rings. The fourth-order valence-electron chi connectivity index (χ4n) is 5.14. The first-order chi connectivity index (χ1) is 12.6. The van der Waals surface area contributed by atoms with Crippen molar-refractivity contribution in [1.82, 2.24) is 9.58 Å². The summed E-state index contributed by atoms with van der Waals surface area (Å²) in [5, 5.41) is 6.58. The minimum Gasteiger partial charge on any atom is -0.344 e. The SMILES string of the molecule is CCn1c(C)c(/C=N\N2C(=O)[C@@H]3[C@@H](C2=O)[C@H]2C=C[C@H]3C2)c2ccccc21. The van der Waals surface area contributed by atoms with Crippen LogP contribution in [0.15, 0.2) is 41.5 Å². The van der Waals surface area contributed by atoms with Gasteiger partial charge in [0.05, 0.1) is 18.1 Å². The summed E-state index contributed by atoms with van der Waals surface area (Å²) in [6.45, 7) is 5.02. The minimum absolute atomic E-state index is 0.134. The fraction of sp³-hybridized carbons (Fsp3) is 0.381. The van der Waals surface area contributed by atoms with Gasteiger partial charge in [-0.2, -0.15) is 10.1 Å². The molecule has 2 heterocycles. The zero-order chi connectivity index (χ0) is 18.0. The number of para-hydroxylation sites is 1. The summed E-state index contributed by atoms with van der Waals surface area (Å²) in [5.41, 5.74) is 3.21. The predicted octanol–water partition coefficient (Wildman–Crippen LogP) is 3.11. The lowest BCUT2D eigenvalue weighted by Crippen LogP contribution is -2.28. The number of aryl methyl sites for hydroxylation is 1. The number of imide groups is 1. The molecule has 1 aliphatic heterocycles. The van der Waals surface area contributed by atoms with E-state index >= 15 is 0 Å². The number of benzene rings is 1. The van der Waals surface area contributed by atoms with Crippen molar-refractivity contribution in [3.63, 3.8) is 0 Å². The van der Waals surface area contributed by atoms with Crippen LogP contribution in [0, 0.1) is 30.6 Å². The average Bonchev–Trinajstić information content (AvgIpc) is 3.37. The highest BCUT2D eigenvalue weighted by Crippen LogP contribution is 2.52. The van der Waals surface area contributed by atoms with E-state index in [1.54, 1.807) is 6.21 Å². The Kier molecular flexibility index (Phi) is 3.23. The highest BCUT2D eigenvalue weighted by molar-refractivity contribution is 6.08. The third-order valence-electron chi connectivity index (χ3n) is 6.35. The Labute approximate surface area is 152 Å². The predicted molar refractivity (Wildman–Crippen MR) is 99.5 cm³/mol. The number of carbonyl (C=O) groups excluding carboxylic acids is 2. The third-order valence-corrected chi connectivity index (χ3v) is 6.35. The molecule has 1 aromatic carbocycles. The van der Waals surface area contributed by atoms with Crippen molar-refractivity contribution in [2.45, 2.75) is 26.8 Å². The van der Waals surface area contributed by atoms with Crippen LogP contribution >= 0.6 is 0 Å². The molecule has 5 nitrogen and oxygen atoms in total. The third kappa shape index (κ3) is 1.88. The summed E-state index contributed by atoms with van der Waals surface area (Å²) in [4.78, 5) is 25.5. The van der Waals surface area contributed by atoms with Crippen LogP contribution in [0.25, 0.3) is 10.9 Å². The molecule has 2 aromatic rings. The van der Waals surface area contributed by atoms with E-state index in [4.69, 9.17) is 0 Å². The van der Waals surface area contributed by atoms with Crippen LogP contribution in [0.1, 0.15) is 24.6 Å². The molecule has 0 radical (unpaired) electrons. The Morgan fingerprint density at radius 2 is 1.77 bits per heavy atom. The lowest BCUT2D eigenvalue weighted by atomic mass is 9.85. The van der Waals surface area contributed by atoms with Crippen molar-refractivity contribution in [2.75, 3.05) is 0 Å². The standard InChI is InChI=1S/C21H21N3O2/c1-3-23-12(2)16(15-6-4-5-7-17(15)23)11-22-24-20(25)18-13-8-9-14(10-13)19(18)21(24)26/h4-9,11,13-14,18-19H,3,10H2,1-2H3/b22-11-/t13-,14-,18-,19-/m0/s1. The Morgan fingerprint density at radius 3 is 2.42 bits per heavy atom. The molecule has 1 saturated carbocycles. The second kappa shape index (κ2) is 5.40. The van der Waals surface area contributed by atoms with E-state index in [-0.39, 0.29) is 35.5 Å². The number of fused-ring (bicyclic) bond motifs is 6. The van der Waals surface area contributed by atoms with Crippen molar-refractivity contribution in [1.29, 1.82) is 0 Å². The van der Waals surface area contributed by atoms with E-state index in [0.717, 1.165) is 40.1 Å². The highest BCUT2D eigenvalue weighted by atomic mass is 16.2. The maximum atomic E-state index is 12.8. The maximum absolute atomic E-state index is 12.8. The minimum atomic E-state index is -0.201. The van der Waals surface area contributed by atoms with E-state index in [2.05, 4.69) is 47.8 Å². The van der Waals surface area contributed by atoms with Gasteiger partial charge >= 0.3 is 0 Å². The fourth-order valence-corrected chi connectivity index (χ4v) is 5.14. The molecular formula is C21H21N3O2. The molecule has 0 N–H and O–H groups in total. The number of carbonyl (C=O) groups is 2. The van der Waals surface area contributed by atoms with Gasteiger partial charge in [-0.15, -0.1) is 0 Å². The van der Waals surface area contributed by atoms with Crippen molar-refractivity contribution >= 4 is 28.9 Å². The zero-order valence-electron chi connectivity index (χ0n) is 14.9. The number of aromatic nitrogens is 1. The van der Waals surface area contributed by atoms with Crippen LogP contribution < -0.4 is 0 Å². The van der Waals surface area contributed by atoms with Gasteiger partial charge in [0.1, 0.15) is 0 Å². The smallest absolute Gasteiger partial charge is 0.254 e. The van der Waals surface area contributed by atoms with Crippen LogP contribution in [-0.2, 0) is 16.1 Å². The van der Waals surface area contributed by atoms with Gasteiger partial charge in [-0.1, -0.05) is 30.4 Å². The molecular weight excluding hydrogens is 326 g/mol. The Balaban J connectivity index is 1.52. The molecule has 5 heteroatoms. The number of hydrogen-bond donors (Lipinski definition) is 0. The first-order valence-electron chi connectivity index (χ1n) is 9.29. The van der Waals surface area contributed by atoms with E-state index in [1.165, 1.54) is 0 Å². The van der Waals surface area contributed by atoms with Crippen LogP contribution in [-0.4, -0.2) is 27.6 Å². The molecule has 4 atom stereocenters. The molecule has 2 bridgehead atoms. The van der Waals surface area contributed by atoms with Gasteiger partial charge < -0.3 is 4.57 Å². The van der Waals surface area contributed by atoms with Gasteiger partial charge in [0.2, 0.25) is 0 Å². The quantitative estimate of drug-likeness (QED) is 0.487. The summed E-state index contributed by atoms with van der Waals surface area (Å²) in [6, 6.07) is 8.16. The molecule has 2 fully saturated rings. The molecule has 1 aromatic heterocycles. The highest BCUT2D eigenvalue weighted by Gasteiger charge is 2.59. The Hall–Kier alpha value is -2.69. The van der Waals surface area contributed by atoms with Crippen molar-refractivity contribution in [3.8, 4) is 0 Å². The largest absolute Gasteiger partial charge is 0.344 e. The number of rotatable bonds is 3. The molecule has 5 rings (SSSR count). The van der Waals surface area contributed by atoms with Crippen LogP contribution in [0.3, 0.4) is 0 Å². The summed E-state index contributed by atoms with van der Waals surface area (Å²) in [5.74, 6) is -0.244. The molecule has 1 saturated heterocycles. The molecule has 0 unspecified atom stereocenters. The van der Waals surface area contributed by atoms with Crippen LogP contribution in [0.2, 0.25) is 0 Å². The summed E-state index contributed by atoms with van der Waals surface area (Å²) in [6.07, 6.45) is 6.83. The van der Waals surface area contributed by atoms with Crippen molar-refractivity contribution < 1.29 is 9.59 Å². The van der Waals surface area contributed by atoms with Crippen molar-refractivity contribution in [3.05, 3.63) is 47.7 Å². The Morgan fingerprint density at radius 1 is 1.12 bits per heavy atom. The van der Waals surface area contributed by atoms with Crippen molar-refractivity contribution in [2.24, 2.45) is 28.8 Å². The second-order valence-electron chi connectivity index (χ2n) is 7.49. The van der Waals surface area contributed by atoms with E-state index in [9.17, 15) is 9.59 Å². The number of nitrogens with zero attached hydrogens (tertiary/aromatic N) is 3. The molecule has 26 heavy (non-hydrogen) atoms. The molecule has 0 spiro atoms. The van der Waals surface area contributed by atoms with Gasteiger partial charge in [0.15, 0.2) is 0 Å². The van der Waals surface area contributed by atoms with E-state index in [1.807, 2.05) is 12.1 Å². The van der Waals surface area contributed by atoms with Crippen LogP contribution in [0.4, 0.5) is 0 Å². The lowest BCUT2D eigenvalue weighted by Gasteiger charge is -2.13. The van der Waals surface area contributed by atoms with Gasteiger partial charge in [0, 0.05) is 28.7 Å². The monoisotopic (exact) mass is 347 g/mol. The van der Waals surface area contributed by atoms with Gasteiger partial charge in [-0.25, -0.2) is 0 Å².